The molecule has 0 saturated carbocycles. The molecule has 0 spiro atoms. The molecule has 1 unspecified atom stereocenters. The summed E-state index contributed by atoms with van der Waals surface area (Å²) >= 11 is 0. The second-order valence-corrected chi connectivity index (χ2v) is 4.63. The van der Waals surface area contributed by atoms with Gasteiger partial charge in [-0.2, -0.15) is 0 Å². The third kappa shape index (κ3) is 4.07. The predicted octanol–water partition coefficient (Wildman–Crippen LogP) is 0.767. The largest absolute Gasteiger partial charge is 0.324 e. The topological polar surface area (TPSA) is 54.2 Å². The van der Waals surface area contributed by atoms with Crippen LogP contribution in [0.5, 0.6) is 0 Å². The highest BCUT2D eigenvalue weighted by atomic mass is 15.2. The van der Waals surface area contributed by atoms with Crippen molar-refractivity contribution in [2.24, 2.45) is 5.73 Å². The van der Waals surface area contributed by atoms with Crippen molar-refractivity contribution in [3.8, 4) is 0 Å². The number of aromatic nitrogens is 1. The van der Waals surface area contributed by atoms with Gasteiger partial charge in [-0.3, -0.25) is 4.98 Å². The Morgan fingerprint density at radius 1 is 1.41 bits per heavy atom. The van der Waals surface area contributed by atoms with Gasteiger partial charge in [0.15, 0.2) is 0 Å². The molecule has 1 atom stereocenters. The molecule has 1 aliphatic rings. The van der Waals surface area contributed by atoms with E-state index in [1.807, 2.05) is 12.3 Å². The lowest BCUT2D eigenvalue weighted by atomic mass is 10.0. The van der Waals surface area contributed by atoms with Gasteiger partial charge in [-0.1, -0.05) is 6.07 Å². The van der Waals surface area contributed by atoms with Gasteiger partial charge in [0.2, 0.25) is 0 Å². The van der Waals surface area contributed by atoms with Crippen molar-refractivity contribution in [3.05, 3.63) is 30.1 Å². The summed E-state index contributed by atoms with van der Waals surface area (Å²) in [7, 11) is 0. The van der Waals surface area contributed by atoms with Gasteiger partial charge in [-0.15, -0.1) is 0 Å². The molecule has 0 radical (unpaired) electrons. The van der Waals surface area contributed by atoms with Crippen LogP contribution in [0.4, 0.5) is 0 Å². The summed E-state index contributed by atoms with van der Waals surface area (Å²) in [6, 6.07) is 4.14. The van der Waals surface area contributed by atoms with E-state index in [9.17, 15) is 0 Å². The molecule has 1 aliphatic heterocycles. The van der Waals surface area contributed by atoms with Crippen LogP contribution < -0.4 is 11.1 Å². The molecular weight excluding hydrogens is 212 g/mol. The third-order valence-electron chi connectivity index (χ3n) is 3.31. The Bertz CT molecular complexity index is 308. The van der Waals surface area contributed by atoms with E-state index in [4.69, 9.17) is 5.73 Å². The van der Waals surface area contributed by atoms with Gasteiger partial charge in [0.25, 0.3) is 0 Å². The summed E-state index contributed by atoms with van der Waals surface area (Å²) in [6.45, 7) is 5.74. The Morgan fingerprint density at radius 2 is 2.24 bits per heavy atom. The van der Waals surface area contributed by atoms with Gasteiger partial charge in [0.05, 0.1) is 0 Å². The molecule has 17 heavy (non-hydrogen) atoms. The zero-order valence-electron chi connectivity index (χ0n) is 10.3. The van der Waals surface area contributed by atoms with Crippen molar-refractivity contribution in [2.45, 2.75) is 18.9 Å². The van der Waals surface area contributed by atoms with Gasteiger partial charge < -0.3 is 16.0 Å². The summed E-state index contributed by atoms with van der Waals surface area (Å²) in [4.78, 5) is 6.61. The Morgan fingerprint density at radius 3 is 2.94 bits per heavy atom. The molecule has 1 saturated heterocycles. The average molecular weight is 234 g/mol. The molecular formula is C13H22N4. The maximum Gasteiger partial charge on any atom is 0.0315 e. The first-order valence-corrected chi connectivity index (χ1v) is 6.45. The highest BCUT2D eigenvalue weighted by Gasteiger charge is 2.10. The number of piperazine rings is 1. The van der Waals surface area contributed by atoms with Crippen molar-refractivity contribution in [1.29, 1.82) is 0 Å². The molecule has 3 N–H and O–H groups in total. The van der Waals surface area contributed by atoms with Crippen LogP contribution >= 0.6 is 0 Å². The highest BCUT2D eigenvalue weighted by molar-refractivity contribution is 5.12. The Labute approximate surface area is 103 Å². The molecule has 4 nitrogen and oxygen atoms in total. The molecule has 2 rings (SSSR count). The van der Waals surface area contributed by atoms with Crippen LogP contribution in [0, 0.1) is 0 Å². The molecule has 1 fully saturated rings. The van der Waals surface area contributed by atoms with Crippen molar-refractivity contribution in [3.63, 3.8) is 0 Å². The average Bonchev–Trinajstić information content (AvgIpc) is 2.41. The minimum Gasteiger partial charge on any atom is -0.324 e. The zero-order chi connectivity index (χ0) is 11.9. The minimum atomic E-state index is 0.131. The summed E-state index contributed by atoms with van der Waals surface area (Å²) in [5.41, 5.74) is 7.29. The number of nitrogens with two attached hydrogens (primary N) is 1. The molecule has 2 heterocycles. The van der Waals surface area contributed by atoms with E-state index in [2.05, 4.69) is 21.3 Å². The first-order chi connectivity index (χ1) is 8.36. The summed E-state index contributed by atoms with van der Waals surface area (Å²) in [6.07, 6.45) is 5.86. The molecule has 0 bridgehead atoms. The standard InChI is InChI=1S/C13H22N4/c14-13(12-3-1-5-16-11-12)4-2-8-17-9-6-15-7-10-17/h1,3,5,11,13,15H,2,4,6-10,14H2. The molecule has 0 aliphatic carbocycles. The van der Waals surface area contributed by atoms with E-state index in [-0.39, 0.29) is 6.04 Å². The lowest BCUT2D eigenvalue weighted by molar-refractivity contribution is 0.235. The van der Waals surface area contributed by atoms with Crippen LogP contribution in [0.15, 0.2) is 24.5 Å². The number of hydrogen-bond donors (Lipinski definition) is 2. The SMILES string of the molecule is NC(CCCN1CCNCC1)c1cccnc1. The first-order valence-electron chi connectivity index (χ1n) is 6.45. The predicted molar refractivity (Wildman–Crippen MR) is 69.7 cm³/mol. The van der Waals surface area contributed by atoms with Crippen molar-refractivity contribution in [1.82, 2.24) is 15.2 Å². The number of pyridine rings is 1. The van der Waals surface area contributed by atoms with E-state index in [1.54, 1.807) is 6.20 Å². The van der Waals surface area contributed by atoms with Crippen LogP contribution in [0.25, 0.3) is 0 Å². The van der Waals surface area contributed by atoms with E-state index < -0.39 is 0 Å². The van der Waals surface area contributed by atoms with Gasteiger partial charge in [0, 0.05) is 44.6 Å². The third-order valence-corrected chi connectivity index (χ3v) is 3.31. The Kier molecular flexibility index (Phi) is 4.91. The van der Waals surface area contributed by atoms with Crippen molar-refractivity contribution < 1.29 is 0 Å². The summed E-state index contributed by atoms with van der Waals surface area (Å²) < 4.78 is 0. The molecule has 0 amide bonds. The molecule has 94 valence electrons. The molecule has 1 aromatic heterocycles. The highest BCUT2D eigenvalue weighted by Crippen LogP contribution is 2.14. The second-order valence-electron chi connectivity index (χ2n) is 4.63. The number of nitrogens with one attached hydrogen (secondary N) is 1. The van der Waals surface area contributed by atoms with Crippen LogP contribution in [0.1, 0.15) is 24.4 Å². The summed E-state index contributed by atoms with van der Waals surface area (Å²) in [5.74, 6) is 0. The molecule has 0 aromatic carbocycles. The van der Waals surface area contributed by atoms with Crippen LogP contribution in [-0.4, -0.2) is 42.6 Å². The van der Waals surface area contributed by atoms with Crippen LogP contribution in [0.2, 0.25) is 0 Å². The normalized spacial score (nSPS) is 19.1. The van der Waals surface area contributed by atoms with E-state index in [1.165, 1.54) is 13.1 Å². The lowest BCUT2D eigenvalue weighted by Crippen LogP contribution is -2.43. The van der Waals surface area contributed by atoms with E-state index >= 15 is 0 Å². The van der Waals surface area contributed by atoms with Gasteiger partial charge in [-0.25, -0.2) is 0 Å². The maximum absolute atomic E-state index is 6.14. The Balaban J connectivity index is 1.67. The molecule has 1 aromatic rings. The maximum atomic E-state index is 6.14. The fourth-order valence-electron chi connectivity index (χ4n) is 2.23. The molecule has 4 heteroatoms. The van der Waals surface area contributed by atoms with Crippen LogP contribution in [0.3, 0.4) is 0 Å². The summed E-state index contributed by atoms with van der Waals surface area (Å²) in [5, 5.41) is 3.37. The number of rotatable bonds is 5. The smallest absolute Gasteiger partial charge is 0.0315 e. The van der Waals surface area contributed by atoms with Gasteiger partial charge >= 0.3 is 0 Å². The number of nitrogens with zero attached hydrogens (tertiary/aromatic N) is 2. The van der Waals surface area contributed by atoms with Gasteiger partial charge in [-0.05, 0) is 31.0 Å². The lowest BCUT2D eigenvalue weighted by Gasteiger charge is -2.27. The number of hydrogen-bond acceptors (Lipinski definition) is 4. The minimum absolute atomic E-state index is 0.131. The zero-order valence-corrected chi connectivity index (χ0v) is 10.3. The Hall–Kier alpha value is -0.970. The van der Waals surface area contributed by atoms with Crippen molar-refractivity contribution >= 4 is 0 Å². The van der Waals surface area contributed by atoms with Crippen LogP contribution in [-0.2, 0) is 0 Å². The fraction of sp³-hybridized carbons (Fsp3) is 0.615. The first kappa shape index (κ1) is 12.5. The monoisotopic (exact) mass is 234 g/mol. The second kappa shape index (κ2) is 6.69. The van der Waals surface area contributed by atoms with Crippen molar-refractivity contribution in [2.75, 3.05) is 32.7 Å². The van der Waals surface area contributed by atoms with E-state index in [0.717, 1.165) is 38.0 Å². The quantitative estimate of drug-likeness (QED) is 0.790. The van der Waals surface area contributed by atoms with E-state index in [0.29, 0.717) is 0 Å². The van der Waals surface area contributed by atoms with Gasteiger partial charge in [0.1, 0.15) is 0 Å². The fourth-order valence-corrected chi connectivity index (χ4v) is 2.23.